The van der Waals surface area contributed by atoms with Crippen LogP contribution in [0.5, 0.6) is 0 Å². The van der Waals surface area contributed by atoms with Crippen LogP contribution in [-0.2, 0) is 4.79 Å². The van der Waals surface area contributed by atoms with Crippen LogP contribution in [0.25, 0.3) is 0 Å². The smallest absolute Gasteiger partial charge is 0.145 e. The van der Waals surface area contributed by atoms with Crippen molar-refractivity contribution in [3.05, 3.63) is 23.3 Å². The molecule has 0 aromatic carbocycles. The second kappa shape index (κ2) is 6.84. The Labute approximate surface area is 75.2 Å². The number of rotatable bonds is 5. The summed E-state index contributed by atoms with van der Waals surface area (Å²) in [5.74, 6) is 0. The first-order valence-electron chi connectivity index (χ1n) is 4.50. The minimum absolute atomic E-state index is 0.783. The lowest BCUT2D eigenvalue weighted by molar-refractivity contribution is -0.104. The van der Waals surface area contributed by atoms with Crippen LogP contribution < -0.4 is 0 Å². The molecule has 0 saturated heterocycles. The van der Waals surface area contributed by atoms with E-state index in [-0.39, 0.29) is 0 Å². The quantitative estimate of drug-likeness (QED) is 0.348. The maximum Gasteiger partial charge on any atom is 0.145 e. The van der Waals surface area contributed by atoms with Gasteiger partial charge in [0.05, 0.1) is 0 Å². The van der Waals surface area contributed by atoms with E-state index in [1.807, 2.05) is 19.1 Å². The van der Waals surface area contributed by atoms with Gasteiger partial charge in [0, 0.05) is 0 Å². The van der Waals surface area contributed by atoms with Crippen molar-refractivity contribution in [2.24, 2.45) is 0 Å². The summed E-state index contributed by atoms with van der Waals surface area (Å²) in [7, 11) is 0. The van der Waals surface area contributed by atoms with Crippen molar-refractivity contribution in [3.63, 3.8) is 0 Å². The van der Waals surface area contributed by atoms with Gasteiger partial charge in [0.2, 0.25) is 0 Å². The predicted octanol–water partition coefficient (Wildman–Crippen LogP) is 3.27. The first-order chi connectivity index (χ1) is 5.70. The Kier molecular flexibility index (Phi) is 6.35. The zero-order valence-electron chi connectivity index (χ0n) is 8.26. The SMILES string of the molecule is CCCC/C(C)=C/C=C(\C)C=O. The van der Waals surface area contributed by atoms with Gasteiger partial charge in [-0.05, 0) is 32.3 Å². The Balaban J connectivity index is 3.90. The molecule has 0 fully saturated rings. The van der Waals surface area contributed by atoms with Gasteiger partial charge in [-0.1, -0.05) is 31.1 Å². The molecule has 0 aliphatic heterocycles. The summed E-state index contributed by atoms with van der Waals surface area (Å²) < 4.78 is 0. The highest BCUT2D eigenvalue weighted by Gasteiger charge is 1.87. The summed E-state index contributed by atoms with van der Waals surface area (Å²) in [6.45, 7) is 6.10. The highest BCUT2D eigenvalue weighted by atomic mass is 16.1. The van der Waals surface area contributed by atoms with E-state index in [1.54, 1.807) is 0 Å². The van der Waals surface area contributed by atoms with Crippen molar-refractivity contribution in [2.75, 3.05) is 0 Å². The minimum atomic E-state index is 0.783. The number of carbonyl (C=O) groups excluding carboxylic acids is 1. The Morgan fingerprint density at radius 3 is 2.42 bits per heavy atom. The lowest BCUT2D eigenvalue weighted by Crippen LogP contribution is -1.78. The predicted molar refractivity (Wildman–Crippen MR) is 53.1 cm³/mol. The first kappa shape index (κ1) is 11.2. The van der Waals surface area contributed by atoms with E-state index in [4.69, 9.17) is 0 Å². The Morgan fingerprint density at radius 2 is 1.92 bits per heavy atom. The fourth-order valence-electron chi connectivity index (χ4n) is 0.852. The Bertz CT molecular complexity index is 187. The molecule has 0 aliphatic rings. The van der Waals surface area contributed by atoms with Gasteiger partial charge in [-0.25, -0.2) is 0 Å². The van der Waals surface area contributed by atoms with Crippen molar-refractivity contribution in [1.29, 1.82) is 0 Å². The van der Waals surface area contributed by atoms with Gasteiger partial charge in [-0.15, -0.1) is 0 Å². The molecule has 0 N–H and O–H groups in total. The van der Waals surface area contributed by atoms with Crippen LogP contribution in [-0.4, -0.2) is 6.29 Å². The summed E-state index contributed by atoms with van der Waals surface area (Å²) in [4.78, 5) is 10.2. The molecule has 1 nitrogen and oxygen atoms in total. The summed E-state index contributed by atoms with van der Waals surface area (Å²) in [6.07, 6.45) is 8.37. The highest BCUT2D eigenvalue weighted by Crippen LogP contribution is 2.06. The first-order valence-corrected chi connectivity index (χ1v) is 4.50. The monoisotopic (exact) mass is 166 g/mol. The number of aldehydes is 1. The van der Waals surface area contributed by atoms with Crippen LogP contribution in [0.3, 0.4) is 0 Å². The summed E-state index contributed by atoms with van der Waals surface area (Å²) >= 11 is 0. The van der Waals surface area contributed by atoms with Crippen LogP contribution in [0.2, 0.25) is 0 Å². The number of hydrogen-bond acceptors (Lipinski definition) is 1. The molecule has 0 aromatic rings. The molecule has 0 aliphatic carbocycles. The molecule has 0 rings (SSSR count). The second-order valence-electron chi connectivity index (χ2n) is 3.15. The van der Waals surface area contributed by atoms with Crippen molar-refractivity contribution in [3.8, 4) is 0 Å². The van der Waals surface area contributed by atoms with Crippen LogP contribution in [0.15, 0.2) is 23.3 Å². The van der Waals surface area contributed by atoms with Gasteiger partial charge in [0.1, 0.15) is 6.29 Å². The zero-order valence-corrected chi connectivity index (χ0v) is 8.26. The topological polar surface area (TPSA) is 17.1 Å². The highest BCUT2D eigenvalue weighted by molar-refractivity contribution is 5.72. The lowest BCUT2D eigenvalue weighted by Gasteiger charge is -1.96. The van der Waals surface area contributed by atoms with Crippen molar-refractivity contribution in [2.45, 2.75) is 40.0 Å². The third-order valence-electron chi connectivity index (χ3n) is 1.74. The summed E-state index contributed by atoms with van der Waals surface area (Å²) in [6, 6.07) is 0. The van der Waals surface area contributed by atoms with Gasteiger partial charge >= 0.3 is 0 Å². The van der Waals surface area contributed by atoms with E-state index >= 15 is 0 Å². The molecule has 0 aromatic heterocycles. The largest absolute Gasteiger partial charge is 0.298 e. The van der Waals surface area contributed by atoms with Gasteiger partial charge < -0.3 is 0 Å². The van der Waals surface area contributed by atoms with Gasteiger partial charge in [0.25, 0.3) is 0 Å². The van der Waals surface area contributed by atoms with E-state index < -0.39 is 0 Å². The molecule has 0 bridgehead atoms. The summed E-state index contributed by atoms with van der Waals surface area (Å²) in [5.41, 5.74) is 2.13. The van der Waals surface area contributed by atoms with Crippen molar-refractivity contribution < 1.29 is 4.79 Å². The second-order valence-corrected chi connectivity index (χ2v) is 3.15. The van der Waals surface area contributed by atoms with E-state index in [9.17, 15) is 4.79 Å². The van der Waals surface area contributed by atoms with Gasteiger partial charge in [0.15, 0.2) is 0 Å². The van der Waals surface area contributed by atoms with E-state index in [1.165, 1.54) is 18.4 Å². The molecule has 0 amide bonds. The average molecular weight is 166 g/mol. The molecule has 0 unspecified atom stereocenters. The molecule has 0 radical (unpaired) electrons. The number of allylic oxidation sites excluding steroid dienone is 4. The average Bonchev–Trinajstić information content (AvgIpc) is 2.10. The minimum Gasteiger partial charge on any atom is -0.298 e. The van der Waals surface area contributed by atoms with Crippen molar-refractivity contribution in [1.82, 2.24) is 0 Å². The van der Waals surface area contributed by atoms with Crippen LogP contribution >= 0.6 is 0 Å². The molecule has 12 heavy (non-hydrogen) atoms. The molecule has 0 heterocycles. The molecule has 0 atom stereocenters. The third-order valence-corrected chi connectivity index (χ3v) is 1.74. The maximum absolute atomic E-state index is 10.2. The van der Waals surface area contributed by atoms with Crippen LogP contribution in [0.1, 0.15) is 40.0 Å². The summed E-state index contributed by atoms with van der Waals surface area (Å²) in [5, 5.41) is 0. The zero-order chi connectivity index (χ0) is 9.40. The van der Waals surface area contributed by atoms with E-state index in [2.05, 4.69) is 13.8 Å². The normalized spacial score (nSPS) is 13.2. The Hall–Kier alpha value is -0.850. The molecule has 0 saturated carbocycles. The number of carbonyl (C=O) groups is 1. The molecule has 1 heteroatoms. The molecule has 0 spiro atoms. The number of hydrogen-bond donors (Lipinski definition) is 0. The fourth-order valence-corrected chi connectivity index (χ4v) is 0.852. The standard InChI is InChI=1S/C11H18O/c1-4-5-6-10(2)7-8-11(3)9-12/h7-9H,4-6H2,1-3H3/b10-7+,11-8+. The molecular formula is C11H18O. The number of unbranched alkanes of at least 4 members (excludes halogenated alkanes) is 1. The third kappa shape index (κ3) is 5.90. The lowest BCUT2D eigenvalue weighted by atomic mass is 10.1. The maximum atomic E-state index is 10.2. The fraction of sp³-hybridized carbons (Fsp3) is 0.545. The van der Waals surface area contributed by atoms with E-state index in [0.717, 1.165) is 18.3 Å². The molecule has 68 valence electrons. The van der Waals surface area contributed by atoms with E-state index in [0.29, 0.717) is 0 Å². The molecular weight excluding hydrogens is 148 g/mol. The van der Waals surface area contributed by atoms with Gasteiger partial charge in [-0.3, -0.25) is 4.79 Å². The van der Waals surface area contributed by atoms with Crippen LogP contribution in [0, 0.1) is 0 Å². The van der Waals surface area contributed by atoms with Crippen LogP contribution in [0.4, 0.5) is 0 Å². The van der Waals surface area contributed by atoms with Gasteiger partial charge in [-0.2, -0.15) is 0 Å². The van der Waals surface area contributed by atoms with Crippen molar-refractivity contribution >= 4 is 6.29 Å². The Morgan fingerprint density at radius 1 is 1.25 bits per heavy atom.